The largest absolute Gasteiger partial charge is 0.278 e. The fourth-order valence-electron chi connectivity index (χ4n) is 2.38. The second kappa shape index (κ2) is 5.54. The van der Waals surface area contributed by atoms with E-state index in [0.717, 1.165) is 4.68 Å². The van der Waals surface area contributed by atoms with Crippen molar-refractivity contribution in [2.24, 2.45) is 0 Å². The molecule has 0 saturated heterocycles. The van der Waals surface area contributed by atoms with Crippen molar-refractivity contribution in [3.05, 3.63) is 74.0 Å². The van der Waals surface area contributed by atoms with Gasteiger partial charge in [0.2, 0.25) is 0 Å². The molecule has 0 unspecified atom stereocenters. The first kappa shape index (κ1) is 15.3. The van der Waals surface area contributed by atoms with Crippen molar-refractivity contribution in [3.8, 4) is 0 Å². The molecule has 0 aliphatic heterocycles. The van der Waals surface area contributed by atoms with Crippen molar-refractivity contribution in [1.82, 2.24) is 9.78 Å². The molecule has 0 aliphatic carbocycles. The number of rotatable bonds is 3. The van der Waals surface area contributed by atoms with Crippen LogP contribution in [0.25, 0.3) is 10.9 Å². The molecule has 0 bridgehead atoms. The van der Waals surface area contributed by atoms with Gasteiger partial charge in [0.25, 0.3) is 17.3 Å². The van der Waals surface area contributed by atoms with Crippen LogP contribution in [0.4, 0.5) is 11.4 Å². The normalized spacial score (nSPS) is 10.7. The van der Waals surface area contributed by atoms with Gasteiger partial charge in [-0.2, -0.15) is 9.78 Å². The fourth-order valence-corrected chi connectivity index (χ4v) is 2.38. The van der Waals surface area contributed by atoms with E-state index < -0.39 is 15.8 Å². The third-order valence-electron chi connectivity index (χ3n) is 3.58. The summed E-state index contributed by atoms with van der Waals surface area (Å²) < 4.78 is 1.07. The molecule has 9 nitrogen and oxygen atoms in total. The summed E-state index contributed by atoms with van der Waals surface area (Å²) in [6.07, 6.45) is 0. The number of aryl methyl sites for hydroxylation is 1. The van der Waals surface area contributed by atoms with Gasteiger partial charge < -0.3 is 0 Å². The van der Waals surface area contributed by atoms with Crippen LogP contribution in [0, 0.1) is 27.2 Å². The number of aromatic nitrogens is 2. The molecule has 2 aromatic carbocycles. The Morgan fingerprint density at radius 1 is 1.00 bits per heavy atom. The summed E-state index contributed by atoms with van der Waals surface area (Å²) in [5.41, 5.74) is 0.764. The summed E-state index contributed by atoms with van der Waals surface area (Å²) in [6, 6.07) is 9.23. The summed E-state index contributed by atoms with van der Waals surface area (Å²) in [6.45, 7) is 1.69. The molecular weight excluding hydrogens is 316 g/mol. The summed E-state index contributed by atoms with van der Waals surface area (Å²) in [7, 11) is 0. The number of nitro groups is 2. The average molecular weight is 326 g/mol. The summed E-state index contributed by atoms with van der Waals surface area (Å²) >= 11 is 0. The smallest absolute Gasteiger partial charge is 0.267 e. The first-order valence-electron chi connectivity index (χ1n) is 6.81. The molecule has 3 aromatic rings. The van der Waals surface area contributed by atoms with E-state index in [9.17, 15) is 25.0 Å². The van der Waals surface area contributed by atoms with Gasteiger partial charge >= 0.3 is 0 Å². The number of hydrogen-bond donors (Lipinski definition) is 0. The van der Waals surface area contributed by atoms with Crippen molar-refractivity contribution in [2.45, 2.75) is 6.92 Å². The molecule has 0 radical (unpaired) electrons. The minimum Gasteiger partial charge on any atom is -0.267 e. The van der Waals surface area contributed by atoms with Gasteiger partial charge in [-0.25, -0.2) is 0 Å². The van der Waals surface area contributed by atoms with Crippen molar-refractivity contribution in [3.63, 3.8) is 0 Å². The molecule has 0 fully saturated rings. The number of nitro benzene ring substituents is 2. The minimum atomic E-state index is -0.564. The maximum absolute atomic E-state index is 12.6. The molecule has 120 valence electrons. The zero-order chi connectivity index (χ0) is 17.4. The standard InChI is InChI=1S/C15H10N4O5/c1-9-13-7-6-12(19(23)24)8-14(13)17(16-9)15(20)10-2-4-11(5-3-10)18(21)22/h2-8H,1H3. The maximum Gasteiger partial charge on any atom is 0.278 e. The van der Waals surface area contributed by atoms with E-state index in [4.69, 9.17) is 0 Å². The van der Waals surface area contributed by atoms with Crippen LogP contribution in [-0.2, 0) is 0 Å². The molecule has 24 heavy (non-hydrogen) atoms. The summed E-state index contributed by atoms with van der Waals surface area (Å²) in [4.78, 5) is 33.1. The molecule has 0 N–H and O–H groups in total. The van der Waals surface area contributed by atoms with Gasteiger partial charge in [-0.3, -0.25) is 25.0 Å². The highest BCUT2D eigenvalue weighted by molar-refractivity contribution is 6.02. The monoisotopic (exact) mass is 326 g/mol. The third-order valence-corrected chi connectivity index (χ3v) is 3.58. The van der Waals surface area contributed by atoms with Gasteiger partial charge in [0.05, 0.1) is 21.1 Å². The highest BCUT2D eigenvalue weighted by Crippen LogP contribution is 2.24. The van der Waals surface area contributed by atoms with Crippen molar-refractivity contribution in [2.75, 3.05) is 0 Å². The second-order valence-electron chi connectivity index (χ2n) is 5.06. The molecule has 0 spiro atoms. The lowest BCUT2D eigenvalue weighted by atomic mass is 10.1. The topological polar surface area (TPSA) is 121 Å². The average Bonchev–Trinajstić information content (AvgIpc) is 2.90. The molecule has 1 aromatic heterocycles. The van der Waals surface area contributed by atoms with E-state index in [1.807, 2.05) is 0 Å². The van der Waals surface area contributed by atoms with Gasteiger partial charge in [-0.1, -0.05) is 0 Å². The Kier molecular flexibility index (Phi) is 3.53. The van der Waals surface area contributed by atoms with E-state index in [2.05, 4.69) is 5.10 Å². The maximum atomic E-state index is 12.6. The summed E-state index contributed by atoms with van der Waals surface area (Å²) in [5.74, 6) is -0.525. The Morgan fingerprint density at radius 3 is 2.17 bits per heavy atom. The third kappa shape index (κ3) is 2.47. The molecule has 0 aliphatic rings. The number of carbonyl (C=O) groups excluding carboxylic acids is 1. The van der Waals surface area contributed by atoms with Crippen LogP contribution < -0.4 is 0 Å². The highest BCUT2D eigenvalue weighted by Gasteiger charge is 2.19. The molecule has 0 saturated carbocycles. The molecule has 0 amide bonds. The number of benzene rings is 2. The Labute approximate surface area is 134 Å². The molecule has 0 atom stereocenters. The highest BCUT2D eigenvalue weighted by atomic mass is 16.6. The van der Waals surface area contributed by atoms with Gasteiger partial charge in [0.1, 0.15) is 0 Å². The predicted molar refractivity (Wildman–Crippen MR) is 83.9 cm³/mol. The Hall–Kier alpha value is -3.62. The van der Waals surface area contributed by atoms with Crippen LogP contribution in [0.3, 0.4) is 0 Å². The van der Waals surface area contributed by atoms with Gasteiger partial charge in [0, 0.05) is 35.2 Å². The number of non-ortho nitro benzene ring substituents is 2. The molecular formula is C15H10N4O5. The minimum absolute atomic E-state index is 0.135. The zero-order valence-electron chi connectivity index (χ0n) is 12.4. The van der Waals surface area contributed by atoms with E-state index in [-0.39, 0.29) is 16.9 Å². The van der Waals surface area contributed by atoms with Crippen molar-refractivity contribution in [1.29, 1.82) is 0 Å². The molecule has 1 heterocycles. The first-order valence-corrected chi connectivity index (χ1v) is 6.81. The van der Waals surface area contributed by atoms with Crippen molar-refractivity contribution >= 4 is 28.2 Å². The number of hydrogen-bond acceptors (Lipinski definition) is 6. The van der Waals surface area contributed by atoms with E-state index in [1.165, 1.54) is 42.5 Å². The van der Waals surface area contributed by atoms with Crippen LogP contribution in [0.5, 0.6) is 0 Å². The lowest BCUT2D eigenvalue weighted by Gasteiger charge is -2.02. The lowest BCUT2D eigenvalue weighted by Crippen LogP contribution is -2.13. The Balaban J connectivity index is 2.10. The van der Waals surface area contributed by atoms with Gasteiger partial charge in [-0.05, 0) is 25.1 Å². The lowest BCUT2D eigenvalue weighted by molar-refractivity contribution is -0.385. The number of carbonyl (C=O) groups is 1. The predicted octanol–water partition coefficient (Wildman–Crippen LogP) is 2.85. The number of fused-ring (bicyclic) bond motifs is 1. The van der Waals surface area contributed by atoms with Crippen LogP contribution in [0.2, 0.25) is 0 Å². The van der Waals surface area contributed by atoms with Crippen LogP contribution in [0.15, 0.2) is 42.5 Å². The second-order valence-corrected chi connectivity index (χ2v) is 5.06. The first-order chi connectivity index (χ1) is 11.4. The molecule has 9 heteroatoms. The molecule has 3 rings (SSSR count). The Bertz CT molecular complexity index is 991. The van der Waals surface area contributed by atoms with E-state index in [0.29, 0.717) is 16.6 Å². The van der Waals surface area contributed by atoms with Crippen LogP contribution in [0.1, 0.15) is 16.1 Å². The SMILES string of the molecule is Cc1nn(C(=O)c2ccc([N+](=O)[O-])cc2)c2cc([N+](=O)[O-])ccc12. The van der Waals surface area contributed by atoms with Crippen molar-refractivity contribution < 1.29 is 14.6 Å². The van der Waals surface area contributed by atoms with Crippen LogP contribution in [-0.4, -0.2) is 25.5 Å². The van der Waals surface area contributed by atoms with Crippen LogP contribution >= 0.6 is 0 Å². The van der Waals surface area contributed by atoms with E-state index in [1.54, 1.807) is 6.92 Å². The Morgan fingerprint density at radius 2 is 1.58 bits per heavy atom. The quantitative estimate of drug-likeness (QED) is 0.539. The van der Waals surface area contributed by atoms with E-state index >= 15 is 0 Å². The number of nitrogens with zero attached hydrogens (tertiary/aromatic N) is 4. The van der Waals surface area contributed by atoms with Gasteiger partial charge in [-0.15, -0.1) is 0 Å². The zero-order valence-corrected chi connectivity index (χ0v) is 12.4. The van der Waals surface area contributed by atoms with Gasteiger partial charge in [0.15, 0.2) is 0 Å². The summed E-state index contributed by atoms with van der Waals surface area (Å²) in [5, 5.41) is 26.4. The fraction of sp³-hybridized carbons (Fsp3) is 0.0667.